The summed E-state index contributed by atoms with van der Waals surface area (Å²) < 4.78 is 41.3. The van der Waals surface area contributed by atoms with Gasteiger partial charge >= 0.3 is 11.8 Å². The third kappa shape index (κ3) is 5.85. The largest absolute Gasteiger partial charge is 0.348 e. The van der Waals surface area contributed by atoms with Crippen molar-refractivity contribution in [1.82, 2.24) is 9.62 Å². The highest BCUT2D eigenvalue weighted by atomic mass is 35.5. The number of benzene rings is 2. The van der Waals surface area contributed by atoms with Crippen molar-refractivity contribution in [3.63, 3.8) is 0 Å². The topological polar surface area (TPSA) is 95.6 Å². The van der Waals surface area contributed by atoms with E-state index in [1.807, 2.05) is 0 Å². The molecular weight excluding hydrogens is 457 g/mol. The molecule has 0 bridgehead atoms. The number of carbonyl (C=O) groups excluding carboxylic acids is 2. The summed E-state index contributed by atoms with van der Waals surface area (Å²) in [5.41, 5.74) is 0.661. The third-order valence-electron chi connectivity index (χ3n) is 5.36. The molecule has 0 saturated carbocycles. The number of amides is 2. The van der Waals surface area contributed by atoms with Crippen LogP contribution in [-0.4, -0.2) is 43.7 Å². The molecule has 3 rings (SSSR count). The van der Waals surface area contributed by atoms with Crippen LogP contribution in [0.3, 0.4) is 0 Å². The predicted molar refractivity (Wildman–Crippen MR) is 120 cm³/mol. The van der Waals surface area contributed by atoms with Crippen LogP contribution in [0.5, 0.6) is 0 Å². The van der Waals surface area contributed by atoms with E-state index in [2.05, 4.69) is 10.6 Å². The van der Waals surface area contributed by atoms with E-state index in [-0.39, 0.29) is 23.0 Å². The quantitative estimate of drug-likeness (QED) is 0.617. The lowest BCUT2D eigenvalue weighted by molar-refractivity contribution is -0.136. The molecule has 1 heterocycles. The van der Waals surface area contributed by atoms with Crippen molar-refractivity contribution in [3.8, 4) is 0 Å². The SMILES string of the molecule is Cc1cc(S(=O)(=O)N2CCCCC2CCNC(=O)C(=O)Nc2cccc(Cl)c2)ccc1F. The second-order valence-corrected chi connectivity index (χ2v) is 10.0. The summed E-state index contributed by atoms with van der Waals surface area (Å²) in [5.74, 6) is -2.11. The van der Waals surface area contributed by atoms with Gasteiger partial charge in [-0.15, -0.1) is 0 Å². The average molecular weight is 482 g/mol. The fourth-order valence-electron chi connectivity index (χ4n) is 3.68. The summed E-state index contributed by atoms with van der Waals surface area (Å²) in [6.45, 7) is 2.01. The van der Waals surface area contributed by atoms with Gasteiger partial charge < -0.3 is 10.6 Å². The normalized spacial score (nSPS) is 17.0. The highest BCUT2D eigenvalue weighted by Crippen LogP contribution is 2.27. The van der Waals surface area contributed by atoms with E-state index in [1.165, 1.54) is 29.4 Å². The van der Waals surface area contributed by atoms with Gasteiger partial charge in [-0.05, 0) is 68.1 Å². The zero-order chi connectivity index (χ0) is 23.3. The van der Waals surface area contributed by atoms with Crippen LogP contribution in [-0.2, 0) is 19.6 Å². The predicted octanol–water partition coefficient (Wildman–Crippen LogP) is 3.48. The summed E-state index contributed by atoms with van der Waals surface area (Å²) in [6.07, 6.45) is 2.59. The Morgan fingerprint density at radius 3 is 2.66 bits per heavy atom. The number of hydrogen-bond acceptors (Lipinski definition) is 4. The molecule has 1 atom stereocenters. The number of rotatable bonds is 6. The molecule has 1 unspecified atom stereocenters. The van der Waals surface area contributed by atoms with Crippen LogP contribution in [0.1, 0.15) is 31.2 Å². The van der Waals surface area contributed by atoms with Gasteiger partial charge in [0.25, 0.3) is 0 Å². The first kappa shape index (κ1) is 24.2. The smallest absolute Gasteiger partial charge is 0.313 e. The Morgan fingerprint density at radius 2 is 1.94 bits per heavy atom. The van der Waals surface area contributed by atoms with Crippen molar-refractivity contribution in [1.29, 1.82) is 0 Å². The molecule has 1 saturated heterocycles. The third-order valence-corrected chi connectivity index (χ3v) is 7.54. The summed E-state index contributed by atoms with van der Waals surface area (Å²) in [4.78, 5) is 24.2. The molecule has 2 N–H and O–H groups in total. The number of sulfonamides is 1. The van der Waals surface area contributed by atoms with Crippen molar-refractivity contribution < 1.29 is 22.4 Å². The Bertz CT molecular complexity index is 1110. The van der Waals surface area contributed by atoms with E-state index in [0.29, 0.717) is 30.1 Å². The number of piperidine rings is 1. The van der Waals surface area contributed by atoms with E-state index >= 15 is 0 Å². The molecule has 1 aliphatic rings. The zero-order valence-corrected chi connectivity index (χ0v) is 19.2. The minimum absolute atomic E-state index is 0.0493. The highest BCUT2D eigenvalue weighted by molar-refractivity contribution is 7.89. The highest BCUT2D eigenvalue weighted by Gasteiger charge is 2.33. The molecule has 0 aliphatic carbocycles. The molecular formula is C22H25ClFN3O4S. The molecule has 0 aromatic heterocycles. The molecule has 1 fully saturated rings. The fraction of sp³-hybridized carbons (Fsp3) is 0.364. The Hall–Kier alpha value is -2.49. The van der Waals surface area contributed by atoms with Gasteiger partial charge in [-0.1, -0.05) is 24.1 Å². The Labute approximate surface area is 192 Å². The van der Waals surface area contributed by atoms with Crippen LogP contribution in [0, 0.1) is 12.7 Å². The minimum Gasteiger partial charge on any atom is -0.348 e. The molecule has 0 radical (unpaired) electrons. The van der Waals surface area contributed by atoms with Crippen molar-refractivity contribution in [3.05, 3.63) is 58.9 Å². The van der Waals surface area contributed by atoms with Gasteiger partial charge in [-0.3, -0.25) is 9.59 Å². The van der Waals surface area contributed by atoms with E-state index in [9.17, 15) is 22.4 Å². The fourth-order valence-corrected chi connectivity index (χ4v) is 5.68. The lowest BCUT2D eigenvalue weighted by Gasteiger charge is -2.34. The van der Waals surface area contributed by atoms with Gasteiger partial charge in [0.1, 0.15) is 5.82 Å². The van der Waals surface area contributed by atoms with Gasteiger partial charge in [0.15, 0.2) is 0 Å². The van der Waals surface area contributed by atoms with Crippen LogP contribution >= 0.6 is 11.6 Å². The van der Waals surface area contributed by atoms with Crippen LogP contribution in [0.4, 0.5) is 10.1 Å². The molecule has 7 nitrogen and oxygen atoms in total. The number of nitrogens with one attached hydrogen (secondary N) is 2. The maximum atomic E-state index is 13.6. The first-order valence-electron chi connectivity index (χ1n) is 10.3. The van der Waals surface area contributed by atoms with Crippen LogP contribution in [0.25, 0.3) is 0 Å². The van der Waals surface area contributed by atoms with E-state index < -0.39 is 27.7 Å². The second-order valence-electron chi connectivity index (χ2n) is 7.69. The maximum Gasteiger partial charge on any atom is 0.313 e. The maximum absolute atomic E-state index is 13.6. The van der Waals surface area contributed by atoms with E-state index in [0.717, 1.165) is 18.9 Å². The van der Waals surface area contributed by atoms with Crippen LogP contribution in [0.2, 0.25) is 5.02 Å². The molecule has 1 aliphatic heterocycles. The summed E-state index contributed by atoms with van der Waals surface area (Å²) in [5, 5.41) is 5.43. The minimum atomic E-state index is -3.80. The summed E-state index contributed by atoms with van der Waals surface area (Å²) in [7, 11) is -3.80. The van der Waals surface area contributed by atoms with Gasteiger partial charge in [0.2, 0.25) is 10.0 Å². The summed E-state index contributed by atoms with van der Waals surface area (Å²) >= 11 is 5.86. The molecule has 10 heteroatoms. The first-order chi connectivity index (χ1) is 15.2. The molecule has 32 heavy (non-hydrogen) atoms. The van der Waals surface area contributed by atoms with Crippen molar-refractivity contribution in [2.45, 2.75) is 43.5 Å². The molecule has 2 aromatic carbocycles. The monoisotopic (exact) mass is 481 g/mol. The average Bonchev–Trinajstić information content (AvgIpc) is 2.75. The van der Waals surface area contributed by atoms with Gasteiger partial charge in [0.05, 0.1) is 4.90 Å². The number of aryl methyl sites for hydroxylation is 1. The second kappa shape index (κ2) is 10.4. The van der Waals surface area contributed by atoms with Crippen molar-refractivity contribution in [2.75, 3.05) is 18.4 Å². The number of halogens is 2. The van der Waals surface area contributed by atoms with E-state index in [4.69, 9.17) is 11.6 Å². The van der Waals surface area contributed by atoms with Crippen molar-refractivity contribution >= 4 is 39.1 Å². The molecule has 172 valence electrons. The lowest BCUT2D eigenvalue weighted by atomic mass is 10.0. The zero-order valence-electron chi connectivity index (χ0n) is 17.6. The van der Waals surface area contributed by atoms with Gasteiger partial charge in [-0.25, -0.2) is 12.8 Å². The number of carbonyl (C=O) groups is 2. The number of nitrogens with zero attached hydrogens (tertiary/aromatic N) is 1. The summed E-state index contributed by atoms with van der Waals surface area (Å²) in [6, 6.07) is 9.86. The van der Waals surface area contributed by atoms with Gasteiger partial charge in [-0.2, -0.15) is 4.31 Å². The molecule has 2 amide bonds. The molecule has 2 aromatic rings. The van der Waals surface area contributed by atoms with Crippen molar-refractivity contribution in [2.24, 2.45) is 0 Å². The standard InChI is InChI=1S/C22H25ClFN3O4S/c1-15-13-19(8-9-20(15)24)32(30,31)27-12-3-2-7-18(27)10-11-25-21(28)22(29)26-17-6-4-5-16(23)14-17/h4-6,8-9,13-14,18H,2-3,7,10-12H2,1H3,(H,25,28)(H,26,29). The van der Waals surface area contributed by atoms with Crippen LogP contribution in [0.15, 0.2) is 47.4 Å². The van der Waals surface area contributed by atoms with Gasteiger partial charge in [0, 0.05) is 29.8 Å². The van der Waals surface area contributed by atoms with Crippen LogP contribution < -0.4 is 10.6 Å². The Balaban J connectivity index is 1.60. The number of anilines is 1. The molecule has 0 spiro atoms. The first-order valence-corrected chi connectivity index (χ1v) is 12.1. The lowest BCUT2D eigenvalue weighted by Crippen LogP contribution is -2.45. The Morgan fingerprint density at radius 1 is 1.16 bits per heavy atom. The van der Waals surface area contributed by atoms with E-state index in [1.54, 1.807) is 18.2 Å². The Kier molecular flexibility index (Phi) is 7.86. The number of hydrogen-bond donors (Lipinski definition) is 2.